The van der Waals surface area contributed by atoms with Gasteiger partial charge in [-0.3, -0.25) is 9.69 Å². The number of fused-ring (bicyclic) bond motifs is 3. The quantitative estimate of drug-likeness (QED) is 0.738. The number of amides is 1. The average molecular weight is 446 g/mol. The molecule has 7 heteroatoms. The molecular weight excluding hydrogens is 414 g/mol. The molecule has 2 heterocycles. The lowest BCUT2D eigenvalue weighted by atomic mass is 9.77. The molecule has 0 saturated carbocycles. The number of hydrogen-bond donors (Lipinski definition) is 2. The summed E-state index contributed by atoms with van der Waals surface area (Å²) < 4.78 is 11.1. The van der Waals surface area contributed by atoms with Crippen LogP contribution in [0.4, 0.5) is 0 Å². The van der Waals surface area contributed by atoms with Crippen LogP contribution in [0.5, 0.6) is 11.5 Å². The average Bonchev–Trinajstić information content (AvgIpc) is 2.72. The van der Waals surface area contributed by atoms with Crippen LogP contribution in [-0.4, -0.2) is 43.7 Å². The van der Waals surface area contributed by atoms with E-state index in [0.29, 0.717) is 17.4 Å². The monoisotopic (exact) mass is 445 g/mol. The predicted molar refractivity (Wildman–Crippen MR) is 124 cm³/mol. The molecule has 2 aromatic rings. The molecule has 2 aromatic carbocycles. The standard InChI is InChI=1S/C24H31N3O3.ClH/c1-14-4-5-15(2)17(8-14)19-12-27-7-6-16-9-23(30-13-24(26)28)22(29-3)10-18(16)21(27)11-20(19)25;/h4-5,8-10,19-21H,6-7,11-13,25H2,1-3H3,(H2,26,28);1H. The summed E-state index contributed by atoms with van der Waals surface area (Å²) in [4.78, 5) is 13.7. The number of aryl methyl sites for hydroxylation is 2. The van der Waals surface area contributed by atoms with Crippen LogP contribution in [-0.2, 0) is 11.2 Å². The van der Waals surface area contributed by atoms with Gasteiger partial charge in [-0.1, -0.05) is 23.8 Å². The molecule has 1 saturated heterocycles. The Kier molecular flexibility index (Phi) is 7.14. The second-order valence-corrected chi connectivity index (χ2v) is 8.58. The van der Waals surface area contributed by atoms with Gasteiger partial charge in [-0.15, -0.1) is 12.4 Å². The second kappa shape index (κ2) is 9.47. The van der Waals surface area contributed by atoms with Crippen LogP contribution >= 0.6 is 12.4 Å². The van der Waals surface area contributed by atoms with E-state index < -0.39 is 5.91 Å². The molecule has 6 nitrogen and oxygen atoms in total. The largest absolute Gasteiger partial charge is 0.493 e. The number of nitrogens with two attached hydrogens (primary N) is 2. The molecule has 1 amide bonds. The molecule has 1 fully saturated rings. The number of primary amides is 1. The minimum Gasteiger partial charge on any atom is -0.493 e. The first-order valence-electron chi connectivity index (χ1n) is 10.6. The van der Waals surface area contributed by atoms with E-state index in [1.807, 2.05) is 12.1 Å². The van der Waals surface area contributed by atoms with Crippen molar-refractivity contribution in [1.82, 2.24) is 4.90 Å². The first-order valence-corrected chi connectivity index (χ1v) is 10.6. The molecular formula is C24H32ClN3O3. The summed E-state index contributed by atoms with van der Waals surface area (Å²) >= 11 is 0. The van der Waals surface area contributed by atoms with Gasteiger partial charge in [0.05, 0.1) is 7.11 Å². The SMILES string of the molecule is COc1cc2c(cc1OCC(N)=O)CCN1CC(c3cc(C)ccc3C)C(N)CC21.Cl. The normalized spacial score (nSPS) is 22.6. The highest BCUT2D eigenvalue weighted by molar-refractivity contribution is 5.85. The summed E-state index contributed by atoms with van der Waals surface area (Å²) in [5.74, 6) is 1.03. The smallest absolute Gasteiger partial charge is 0.255 e. The van der Waals surface area contributed by atoms with Gasteiger partial charge in [0, 0.05) is 31.1 Å². The van der Waals surface area contributed by atoms with Crippen molar-refractivity contribution in [2.24, 2.45) is 11.5 Å². The van der Waals surface area contributed by atoms with Crippen molar-refractivity contribution in [1.29, 1.82) is 0 Å². The minimum absolute atomic E-state index is 0. The lowest BCUT2D eigenvalue weighted by Gasteiger charge is -2.46. The van der Waals surface area contributed by atoms with Gasteiger partial charge in [-0.2, -0.15) is 0 Å². The van der Waals surface area contributed by atoms with Crippen LogP contribution in [0.1, 0.15) is 46.2 Å². The zero-order valence-corrected chi connectivity index (χ0v) is 19.2. The topological polar surface area (TPSA) is 90.8 Å². The summed E-state index contributed by atoms with van der Waals surface area (Å²) in [6.07, 6.45) is 1.83. The van der Waals surface area contributed by atoms with Crippen LogP contribution in [0.25, 0.3) is 0 Å². The lowest BCUT2D eigenvalue weighted by molar-refractivity contribution is -0.119. The number of piperidine rings is 1. The van der Waals surface area contributed by atoms with Gasteiger partial charge in [0.15, 0.2) is 18.1 Å². The van der Waals surface area contributed by atoms with Crippen molar-refractivity contribution < 1.29 is 14.3 Å². The summed E-state index contributed by atoms with van der Waals surface area (Å²) in [5.41, 5.74) is 18.4. The van der Waals surface area contributed by atoms with Crippen molar-refractivity contribution in [3.8, 4) is 11.5 Å². The predicted octanol–water partition coefficient (Wildman–Crippen LogP) is 3.01. The number of rotatable bonds is 5. The van der Waals surface area contributed by atoms with Gasteiger partial charge in [-0.25, -0.2) is 0 Å². The van der Waals surface area contributed by atoms with E-state index in [1.54, 1.807) is 7.11 Å². The van der Waals surface area contributed by atoms with E-state index in [2.05, 4.69) is 36.9 Å². The van der Waals surface area contributed by atoms with E-state index >= 15 is 0 Å². The lowest BCUT2D eigenvalue weighted by Crippen LogP contribution is -2.49. The number of nitrogens with zero attached hydrogens (tertiary/aromatic N) is 1. The van der Waals surface area contributed by atoms with Gasteiger partial charge in [0.2, 0.25) is 0 Å². The van der Waals surface area contributed by atoms with E-state index in [9.17, 15) is 4.79 Å². The molecule has 0 aromatic heterocycles. The molecule has 0 aliphatic carbocycles. The van der Waals surface area contributed by atoms with Crippen LogP contribution in [0.2, 0.25) is 0 Å². The van der Waals surface area contributed by atoms with Gasteiger partial charge in [0.1, 0.15) is 0 Å². The Hall–Kier alpha value is -2.28. The molecule has 3 atom stereocenters. The maximum absolute atomic E-state index is 11.1. The Labute approximate surface area is 190 Å². The Morgan fingerprint density at radius 2 is 1.94 bits per heavy atom. The molecule has 4 rings (SSSR count). The second-order valence-electron chi connectivity index (χ2n) is 8.58. The fourth-order valence-corrected chi connectivity index (χ4v) is 4.98. The molecule has 168 valence electrons. The number of hydrogen-bond acceptors (Lipinski definition) is 5. The molecule has 0 spiro atoms. The number of benzene rings is 2. The van der Waals surface area contributed by atoms with Crippen molar-refractivity contribution in [2.75, 3.05) is 26.8 Å². The highest BCUT2D eigenvalue weighted by Gasteiger charge is 2.39. The fraction of sp³-hybridized carbons (Fsp3) is 0.458. The van der Waals surface area contributed by atoms with Crippen molar-refractivity contribution in [3.05, 3.63) is 58.1 Å². The van der Waals surface area contributed by atoms with Crippen LogP contribution < -0.4 is 20.9 Å². The Balaban J connectivity index is 0.00000272. The van der Waals surface area contributed by atoms with Crippen LogP contribution in [0, 0.1) is 13.8 Å². The molecule has 31 heavy (non-hydrogen) atoms. The van der Waals surface area contributed by atoms with Gasteiger partial charge < -0.3 is 20.9 Å². The third-order valence-electron chi connectivity index (χ3n) is 6.54. The molecule has 0 bridgehead atoms. The Morgan fingerprint density at radius 1 is 1.16 bits per heavy atom. The number of halogens is 1. The Bertz CT molecular complexity index is 965. The first-order chi connectivity index (χ1) is 14.4. The summed E-state index contributed by atoms with van der Waals surface area (Å²) in [6.45, 7) is 6.09. The van der Waals surface area contributed by atoms with E-state index in [0.717, 1.165) is 25.9 Å². The minimum atomic E-state index is -0.503. The summed E-state index contributed by atoms with van der Waals surface area (Å²) in [6, 6.07) is 11.1. The van der Waals surface area contributed by atoms with Crippen molar-refractivity contribution in [3.63, 3.8) is 0 Å². The maximum atomic E-state index is 11.1. The van der Waals surface area contributed by atoms with E-state index in [-0.39, 0.29) is 31.1 Å². The number of carbonyl (C=O) groups is 1. The van der Waals surface area contributed by atoms with Crippen molar-refractivity contribution in [2.45, 2.75) is 44.7 Å². The van der Waals surface area contributed by atoms with Crippen LogP contribution in [0.15, 0.2) is 30.3 Å². The Morgan fingerprint density at radius 3 is 2.65 bits per heavy atom. The molecule has 4 N–H and O–H groups in total. The maximum Gasteiger partial charge on any atom is 0.255 e. The number of ether oxygens (including phenoxy) is 2. The summed E-state index contributed by atoms with van der Waals surface area (Å²) in [7, 11) is 1.61. The third kappa shape index (κ3) is 4.66. The highest BCUT2D eigenvalue weighted by atomic mass is 35.5. The third-order valence-corrected chi connectivity index (χ3v) is 6.54. The number of carbonyl (C=O) groups excluding carboxylic acids is 1. The zero-order chi connectivity index (χ0) is 21.4. The molecule has 0 radical (unpaired) electrons. The molecule has 3 unspecified atom stereocenters. The first kappa shape index (κ1) is 23.4. The van der Waals surface area contributed by atoms with Gasteiger partial charge in [-0.05, 0) is 61.1 Å². The molecule has 2 aliphatic rings. The van der Waals surface area contributed by atoms with Crippen LogP contribution in [0.3, 0.4) is 0 Å². The van der Waals surface area contributed by atoms with Crippen molar-refractivity contribution >= 4 is 18.3 Å². The fourth-order valence-electron chi connectivity index (χ4n) is 4.98. The van der Waals surface area contributed by atoms with Gasteiger partial charge >= 0.3 is 0 Å². The van der Waals surface area contributed by atoms with Gasteiger partial charge in [0.25, 0.3) is 5.91 Å². The van der Waals surface area contributed by atoms with E-state index in [4.69, 9.17) is 20.9 Å². The highest BCUT2D eigenvalue weighted by Crippen LogP contribution is 2.44. The molecule has 2 aliphatic heterocycles. The number of methoxy groups -OCH3 is 1. The summed E-state index contributed by atoms with van der Waals surface area (Å²) in [5, 5.41) is 0. The zero-order valence-electron chi connectivity index (χ0n) is 18.4. The van der Waals surface area contributed by atoms with E-state index in [1.165, 1.54) is 27.8 Å².